The number of carbonyl (C=O) groups excluding carboxylic acids is 1. The molecule has 0 saturated heterocycles. The van der Waals surface area contributed by atoms with Gasteiger partial charge in [-0.1, -0.05) is 0 Å². The van der Waals surface area contributed by atoms with Gasteiger partial charge in [-0.05, 0) is 25.1 Å². The van der Waals surface area contributed by atoms with Crippen molar-refractivity contribution in [1.29, 1.82) is 0 Å². The number of halogens is 1. The Morgan fingerprint density at radius 3 is 2.43 bits per heavy atom. The predicted molar refractivity (Wildman–Crippen MR) is 46.4 cm³/mol. The average Bonchev–Trinajstić information content (AvgIpc) is 2.02. The molecule has 0 radical (unpaired) electrons. The third-order valence-electron chi connectivity index (χ3n) is 1.63. The highest BCUT2D eigenvalue weighted by atomic mass is 32.3. The Balaban J connectivity index is 3.42. The molecule has 76 valence electrons. The summed E-state index contributed by atoms with van der Waals surface area (Å²) in [4.78, 5) is 10.2. The summed E-state index contributed by atoms with van der Waals surface area (Å²) in [7, 11) is -4.84. The van der Waals surface area contributed by atoms with Crippen molar-refractivity contribution in [2.24, 2.45) is 0 Å². The number of phenolic OH excluding ortho intramolecular Hbond substituents is 1. The van der Waals surface area contributed by atoms with Gasteiger partial charge in [-0.15, -0.1) is 3.89 Å². The van der Waals surface area contributed by atoms with Gasteiger partial charge in [0.15, 0.2) is 5.78 Å². The molecular weight excluding hydrogens is 211 g/mol. The maximum Gasteiger partial charge on any atom is 0.332 e. The molecule has 0 aromatic heterocycles. The molecule has 1 aromatic carbocycles. The summed E-state index contributed by atoms with van der Waals surface area (Å²) >= 11 is 0. The summed E-state index contributed by atoms with van der Waals surface area (Å²) in [6.45, 7) is 1.14. The molecule has 0 aliphatic heterocycles. The van der Waals surface area contributed by atoms with Gasteiger partial charge in [-0.3, -0.25) is 4.79 Å². The maximum atomic E-state index is 12.5. The van der Waals surface area contributed by atoms with Crippen molar-refractivity contribution in [2.75, 3.05) is 0 Å². The van der Waals surface area contributed by atoms with Gasteiger partial charge in [-0.25, -0.2) is 0 Å². The van der Waals surface area contributed by atoms with Crippen LogP contribution in [0.1, 0.15) is 17.3 Å². The lowest BCUT2D eigenvalue weighted by Crippen LogP contribution is -1.97. The fourth-order valence-electron chi connectivity index (χ4n) is 0.949. The number of carbonyl (C=O) groups is 1. The fourth-order valence-corrected chi connectivity index (χ4v) is 1.44. The van der Waals surface area contributed by atoms with Crippen LogP contribution in [0.3, 0.4) is 0 Å². The van der Waals surface area contributed by atoms with Gasteiger partial charge in [-0.2, -0.15) is 8.42 Å². The van der Waals surface area contributed by atoms with Gasteiger partial charge in [0.05, 0.1) is 10.5 Å². The van der Waals surface area contributed by atoms with E-state index in [0.29, 0.717) is 0 Å². The first kappa shape index (κ1) is 10.6. The number of hydrogen-bond donors (Lipinski definition) is 1. The average molecular weight is 218 g/mol. The normalized spacial score (nSPS) is 11.3. The van der Waals surface area contributed by atoms with Crippen molar-refractivity contribution < 1.29 is 22.2 Å². The minimum absolute atomic E-state index is 0.219. The van der Waals surface area contributed by atoms with Gasteiger partial charge in [0, 0.05) is 0 Å². The van der Waals surface area contributed by atoms with E-state index in [9.17, 15) is 17.1 Å². The molecule has 0 aliphatic carbocycles. The monoisotopic (exact) mass is 218 g/mol. The second kappa shape index (κ2) is 3.38. The largest absolute Gasteiger partial charge is 0.507 e. The quantitative estimate of drug-likeness (QED) is 0.599. The number of ketones is 1. The van der Waals surface area contributed by atoms with Crippen LogP contribution in [0.2, 0.25) is 0 Å². The second-order valence-electron chi connectivity index (χ2n) is 2.67. The highest BCUT2D eigenvalue weighted by Gasteiger charge is 2.15. The SMILES string of the molecule is CC(=O)c1cc(S(=O)(=O)F)ccc1O. The number of rotatable bonds is 2. The fraction of sp³-hybridized carbons (Fsp3) is 0.125. The van der Waals surface area contributed by atoms with Crippen LogP contribution in [-0.2, 0) is 10.2 Å². The molecule has 14 heavy (non-hydrogen) atoms. The summed E-state index contributed by atoms with van der Waals surface area (Å²) in [5, 5.41) is 9.13. The van der Waals surface area contributed by atoms with Crippen LogP contribution in [-0.4, -0.2) is 19.3 Å². The van der Waals surface area contributed by atoms with Crippen LogP contribution in [0.25, 0.3) is 0 Å². The summed E-state index contributed by atoms with van der Waals surface area (Å²) in [6.07, 6.45) is 0. The molecule has 1 aromatic rings. The Morgan fingerprint density at radius 2 is 2.00 bits per heavy atom. The molecule has 0 bridgehead atoms. The van der Waals surface area contributed by atoms with Crippen LogP contribution in [0.15, 0.2) is 23.1 Å². The zero-order chi connectivity index (χ0) is 10.9. The van der Waals surface area contributed by atoms with E-state index in [2.05, 4.69) is 0 Å². The minimum Gasteiger partial charge on any atom is -0.507 e. The first-order valence-electron chi connectivity index (χ1n) is 3.61. The lowest BCUT2D eigenvalue weighted by atomic mass is 10.1. The van der Waals surface area contributed by atoms with E-state index >= 15 is 0 Å². The Kier molecular flexibility index (Phi) is 2.57. The highest BCUT2D eigenvalue weighted by Crippen LogP contribution is 2.22. The molecule has 1 N–H and O–H groups in total. The Hall–Kier alpha value is -1.43. The lowest BCUT2D eigenvalue weighted by molar-refractivity contribution is 0.101. The van der Waals surface area contributed by atoms with E-state index in [1.54, 1.807) is 0 Å². The van der Waals surface area contributed by atoms with E-state index in [1.165, 1.54) is 0 Å². The predicted octanol–water partition coefficient (Wildman–Crippen LogP) is 1.25. The molecular formula is C8H7FO4S. The van der Waals surface area contributed by atoms with E-state index < -0.39 is 20.9 Å². The van der Waals surface area contributed by atoms with Crippen LogP contribution in [0.4, 0.5) is 3.89 Å². The van der Waals surface area contributed by atoms with Crippen LogP contribution < -0.4 is 0 Å². The standard InChI is InChI=1S/C8H7FO4S/c1-5(10)7-4-6(14(9,12)13)2-3-8(7)11/h2-4,11H,1H3. The first-order chi connectivity index (χ1) is 6.32. The highest BCUT2D eigenvalue weighted by molar-refractivity contribution is 7.86. The number of aromatic hydroxyl groups is 1. The molecule has 0 atom stereocenters. The summed E-state index contributed by atoms with van der Waals surface area (Å²) < 4.78 is 33.4. The van der Waals surface area contributed by atoms with E-state index in [4.69, 9.17) is 5.11 Å². The minimum atomic E-state index is -4.84. The van der Waals surface area contributed by atoms with Crippen molar-refractivity contribution in [1.82, 2.24) is 0 Å². The van der Waals surface area contributed by atoms with Crippen molar-refractivity contribution >= 4 is 16.0 Å². The van der Waals surface area contributed by atoms with E-state index in [-0.39, 0.29) is 11.3 Å². The van der Waals surface area contributed by atoms with Gasteiger partial charge < -0.3 is 5.11 Å². The van der Waals surface area contributed by atoms with Gasteiger partial charge in [0.2, 0.25) is 0 Å². The number of benzene rings is 1. The van der Waals surface area contributed by atoms with Gasteiger partial charge in [0.1, 0.15) is 5.75 Å². The Bertz CT molecular complexity index is 478. The molecule has 0 fully saturated rings. The smallest absolute Gasteiger partial charge is 0.332 e. The molecule has 4 nitrogen and oxygen atoms in total. The number of Topliss-reactive ketones (excluding diaryl/α,β-unsaturated/α-hetero) is 1. The third-order valence-corrected chi connectivity index (χ3v) is 2.45. The van der Waals surface area contributed by atoms with Gasteiger partial charge in [0.25, 0.3) is 0 Å². The Labute approximate surface area is 80.2 Å². The molecule has 0 amide bonds. The second-order valence-corrected chi connectivity index (χ2v) is 4.02. The van der Waals surface area contributed by atoms with Gasteiger partial charge >= 0.3 is 10.2 Å². The van der Waals surface area contributed by atoms with Crippen molar-refractivity contribution in [3.8, 4) is 5.75 Å². The molecule has 0 spiro atoms. The zero-order valence-corrected chi connectivity index (χ0v) is 8.01. The van der Waals surface area contributed by atoms with E-state index in [0.717, 1.165) is 25.1 Å². The molecule has 0 heterocycles. The van der Waals surface area contributed by atoms with E-state index in [1.807, 2.05) is 0 Å². The van der Waals surface area contributed by atoms with Crippen molar-refractivity contribution in [2.45, 2.75) is 11.8 Å². The maximum absolute atomic E-state index is 12.5. The summed E-state index contributed by atoms with van der Waals surface area (Å²) in [5.74, 6) is -0.905. The molecule has 0 unspecified atom stereocenters. The van der Waals surface area contributed by atoms with Crippen molar-refractivity contribution in [3.63, 3.8) is 0 Å². The summed E-state index contributed by atoms with van der Waals surface area (Å²) in [6, 6.07) is 2.65. The van der Waals surface area contributed by atoms with Crippen LogP contribution in [0, 0.1) is 0 Å². The number of phenols is 1. The van der Waals surface area contributed by atoms with Crippen LogP contribution in [0.5, 0.6) is 5.75 Å². The Morgan fingerprint density at radius 1 is 1.43 bits per heavy atom. The molecule has 0 aliphatic rings. The molecule has 1 rings (SSSR count). The van der Waals surface area contributed by atoms with Crippen molar-refractivity contribution in [3.05, 3.63) is 23.8 Å². The molecule has 6 heteroatoms. The zero-order valence-electron chi connectivity index (χ0n) is 7.19. The van der Waals surface area contributed by atoms with Crippen LogP contribution >= 0.6 is 0 Å². The topological polar surface area (TPSA) is 71.4 Å². The summed E-state index contributed by atoms with van der Waals surface area (Å²) in [5.41, 5.74) is -0.219. The first-order valence-corrected chi connectivity index (χ1v) is 4.99. The molecule has 0 saturated carbocycles. The number of hydrogen-bond acceptors (Lipinski definition) is 4. The third kappa shape index (κ3) is 2.08. The lowest BCUT2D eigenvalue weighted by Gasteiger charge is -2.01.